The topological polar surface area (TPSA) is 96.1 Å². The molecule has 0 radical (unpaired) electrons. The van der Waals surface area contributed by atoms with Crippen LogP contribution < -0.4 is 0 Å². The van der Waals surface area contributed by atoms with Gasteiger partial charge in [-0.25, -0.2) is 0 Å². The fourth-order valence-electron chi connectivity index (χ4n) is 7.53. The van der Waals surface area contributed by atoms with Crippen LogP contribution in [-0.4, -0.2) is 19.0 Å². The molecule has 6 aromatic rings. The van der Waals surface area contributed by atoms with Gasteiger partial charge in [-0.1, -0.05) is 127 Å². The number of benzene rings is 4. The first-order valence-corrected chi connectivity index (χ1v) is 19.8. The van der Waals surface area contributed by atoms with Crippen LogP contribution in [0.15, 0.2) is 109 Å². The Balaban J connectivity index is 1.44. The maximum Gasteiger partial charge on any atom is 0.270 e. The van der Waals surface area contributed by atoms with Crippen molar-refractivity contribution in [2.75, 3.05) is 0 Å². The Morgan fingerprint density at radius 1 is 0.463 bits per heavy atom. The first-order chi connectivity index (χ1) is 26.4. The smallest absolute Gasteiger partial charge is 0.270 e. The first kappa shape index (κ1) is 38.2. The predicted molar refractivity (Wildman–Crippen MR) is 221 cm³/mol. The summed E-state index contributed by atoms with van der Waals surface area (Å²) in [5.41, 5.74) is 9.42. The van der Waals surface area contributed by atoms with E-state index in [2.05, 4.69) is 83.6 Å². The number of rotatable bonds is 20. The zero-order valence-electron chi connectivity index (χ0n) is 31.7. The molecule has 0 saturated heterocycles. The summed E-state index contributed by atoms with van der Waals surface area (Å²) in [6.07, 6.45) is 17.0. The van der Waals surface area contributed by atoms with E-state index < -0.39 is 0 Å². The molecule has 0 unspecified atom stereocenters. The van der Waals surface area contributed by atoms with Crippen LogP contribution in [0.3, 0.4) is 0 Å². The summed E-state index contributed by atoms with van der Waals surface area (Å²) in [7, 11) is 0. The monoisotopic (exact) mass is 724 g/mol. The highest BCUT2D eigenvalue weighted by Crippen LogP contribution is 2.40. The molecule has 8 nitrogen and oxygen atoms in total. The first-order valence-electron chi connectivity index (χ1n) is 19.8. The molecule has 6 rings (SSSR count). The number of fused-ring (bicyclic) bond motifs is 1. The molecule has 0 atom stereocenters. The Bertz CT molecular complexity index is 2010. The molecular weight excluding hydrogens is 673 g/mol. The molecule has 0 aliphatic carbocycles. The van der Waals surface area contributed by atoms with Gasteiger partial charge in [0.2, 0.25) is 0 Å². The Hall–Kier alpha value is -5.50. The van der Waals surface area contributed by atoms with E-state index in [0.717, 1.165) is 70.6 Å². The molecule has 0 aliphatic rings. The van der Waals surface area contributed by atoms with Gasteiger partial charge < -0.3 is 9.13 Å². The maximum atomic E-state index is 11.9. The summed E-state index contributed by atoms with van der Waals surface area (Å²) < 4.78 is 4.32. The molecule has 0 fully saturated rings. The van der Waals surface area contributed by atoms with Crippen LogP contribution >= 0.6 is 0 Å². The molecule has 2 heterocycles. The summed E-state index contributed by atoms with van der Waals surface area (Å²) in [5.74, 6) is 0. The Labute approximate surface area is 318 Å². The van der Waals surface area contributed by atoms with Crippen molar-refractivity contribution >= 4 is 22.4 Å². The van der Waals surface area contributed by atoms with Gasteiger partial charge in [0.05, 0.1) is 32.3 Å². The highest BCUT2D eigenvalue weighted by atomic mass is 16.6. The zero-order valence-corrected chi connectivity index (χ0v) is 31.7. The van der Waals surface area contributed by atoms with Crippen molar-refractivity contribution in [2.24, 2.45) is 0 Å². The van der Waals surface area contributed by atoms with Crippen molar-refractivity contribution in [2.45, 2.75) is 104 Å². The molecule has 54 heavy (non-hydrogen) atoms. The lowest BCUT2D eigenvalue weighted by molar-refractivity contribution is -0.385. The minimum Gasteiger partial charge on any atom is -0.308 e. The average molecular weight is 725 g/mol. The SMILES string of the molecule is CCCCCCCCc1ccc(-n2c(-c3cccc([N+](=O)[O-])c3)cc3c2cc(-c2cccc([N+](=O)[O-])c2)n3-c2ccc(CCCCCCCC)cc2)cc1. The van der Waals surface area contributed by atoms with Crippen LogP contribution in [0, 0.1) is 20.2 Å². The number of hydrogen-bond donors (Lipinski definition) is 0. The van der Waals surface area contributed by atoms with Gasteiger partial charge in [0, 0.05) is 46.8 Å². The third kappa shape index (κ3) is 9.16. The number of aryl methyl sites for hydroxylation is 2. The third-order valence-electron chi connectivity index (χ3n) is 10.5. The Morgan fingerprint density at radius 3 is 1.20 bits per heavy atom. The minimum absolute atomic E-state index is 0.0281. The van der Waals surface area contributed by atoms with Crippen LogP contribution in [0.2, 0.25) is 0 Å². The van der Waals surface area contributed by atoms with Crippen molar-refractivity contribution in [1.82, 2.24) is 9.13 Å². The molecule has 0 N–H and O–H groups in total. The van der Waals surface area contributed by atoms with E-state index in [1.807, 2.05) is 12.1 Å². The normalized spacial score (nSPS) is 11.4. The highest BCUT2D eigenvalue weighted by Gasteiger charge is 2.22. The molecule has 0 aliphatic heterocycles. The largest absolute Gasteiger partial charge is 0.308 e. The van der Waals surface area contributed by atoms with E-state index in [1.165, 1.54) is 87.5 Å². The summed E-state index contributed by atoms with van der Waals surface area (Å²) >= 11 is 0. The molecule has 0 saturated carbocycles. The van der Waals surface area contributed by atoms with Crippen LogP contribution in [0.5, 0.6) is 0 Å². The van der Waals surface area contributed by atoms with E-state index in [4.69, 9.17) is 0 Å². The van der Waals surface area contributed by atoms with Crippen LogP contribution in [-0.2, 0) is 12.8 Å². The molecule has 0 bridgehead atoms. The fourth-order valence-corrected chi connectivity index (χ4v) is 7.53. The number of aromatic nitrogens is 2. The van der Waals surface area contributed by atoms with Crippen LogP contribution in [0.4, 0.5) is 11.4 Å². The van der Waals surface area contributed by atoms with Crippen molar-refractivity contribution in [1.29, 1.82) is 0 Å². The van der Waals surface area contributed by atoms with Gasteiger partial charge >= 0.3 is 0 Å². The summed E-state index contributed by atoms with van der Waals surface area (Å²) in [6, 6.07) is 35.0. The number of non-ortho nitro benzene ring substituents is 2. The van der Waals surface area contributed by atoms with E-state index in [-0.39, 0.29) is 21.2 Å². The van der Waals surface area contributed by atoms with Crippen molar-refractivity contribution < 1.29 is 9.85 Å². The molecule has 2 aromatic heterocycles. The van der Waals surface area contributed by atoms with E-state index in [1.54, 1.807) is 24.3 Å². The van der Waals surface area contributed by atoms with Crippen LogP contribution in [0.25, 0.3) is 44.9 Å². The van der Waals surface area contributed by atoms with Crippen LogP contribution in [0.1, 0.15) is 102 Å². The highest BCUT2D eigenvalue weighted by molar-refractivity contribution is 5.94. The van der Waals surface area contributed by atoms with Gasteiger partial charge in [0.1, 0.15) is 0 Å². The lowest BCUT2D eigenvalue weighted by Crippen LogP contribution is -1.98. The van der Waals surface area contributed by atoms with E-state index in [9.17, 15) is 20.2 Å². The fraction of sp³-hybridized carbons (Fsp3) is 0.348. The second-order valence-electron chi connectivity index (χ2n) is 14.5. The second kappa shape index (κ2) is 18.5. The van der Waals surface area contributed by atoms with E-state index >= 15 is 0 Å². The van der Waals surface area contributed by atoms with Crippen molar-refractivity contribution in [3.05, 3.63) is 141 Å². The molecule has 280 valence electrons. The number of nitro benzene ring substituents is 2. The van der Waals surface area contributed by atoms with Crippen molar-refractivity contribution in [3.63, 3.8) is 0 Å². The summed E-state index contributed by atoms with van der Waals surface area (Å²) in [6.45, 7) is 4.48. The molecular formula is C46H52N4O4. The molecule has 4 aromatic carbocycles. The average Bonchev–Trinajstić information content (AvgIpc) is 3.75. The lowest BCUT2D eigenvalue weighted by atomic mass is 10.0. The summed E-state index contributed by atoms with van der Waals surface area (Å²) in [4.78, 5) is 23.0. The molecule has 0 amide bonds. The molecule has 0 spiro atoms. The standard InChI is InChI=1S/C46H52N4O4/c1-3-5-7-9-11-13-17-35-23-27-39(28-24-35)47-43(37-19-15-21-41(31-37)49(51)52)33-46-45(47)34-44(38-20-16-22-42(32-38)50(53)54)48(46)40-29-25-36(26-30-40)18-14-12-10-8-6-4-2/h15-16,19-34H,3-14,17-18H2,1-2H3. The number of unbranched alkanes of at least 4 members (excludes halogenated alkanes) is 10. The van der Waals surface area contributed by atoms with Gasteiger partial charge in [-0.2, -0.15) is 0 Å². The predicted octanol–water partition coefficient (Wildman–Crippen LogP) is 13.4. The Kier molecular flexibility index (Phi) is 13.1. The molecule has 8 heteroatoms. The minimum atomic E-state index is -0.360. The lowest BCUT2D eigenvalue weighted by Gasteiger charge is -2.13. The van der Waals surface area contributed by atoms with Gasteiger partial charge in [-0.15, -0.1) is 0 Å². The number of nitrogens with zero attached hydrogens (tertiary/aromatic N) is 4. The summed E-state index contributed by atoms with van der Waals surface area (Å²) in [5, 5.41) is 23.7. The third-order valence-corrected chi connectivity index (χ3v) is 10.5. The van der Waals surface area contributed by atoms with Gasteiger partial charge in [0.25, 0.3) is 11.4 Å². The Morgan fingerprint density at radius 2 is 0.833 bits per heavy atom. The van der Waals surface area contributed by atoms with Crippen molar-refractivity contribution in [3.8, 4) is 33.9 Å². The maximum absolute atomic E-state index is 11.9. The number of hydrogen-bond acceptors (Lipinski definition) is 4. The zero-order chi connectivity index (χ0) is 37.9. The quantitative estimate of drug-likeness (QED) is 0.0445. The van der Waals surface area contributed by atoms with Gasteiger partial charge in [0.15, 0.2) is 0 Å². The number of nitro groups is 2. The van der Waals surface area contributed by atoms with E-state index in [0.29, 0.717) is 0 Å². The van der Waals surface area contributed by atoms with Gasteiger partial charge in [-0.3, -0.25) is 20.2 Å². The van der Waals surface area contributed by atoms with Gasteiger partial charge in [-0.05, 0) is 73.2 Å². The second-order valence-corrected chi connectivity index (χ2v) is 14.5.